The zero-order valence-corrected chi connectivity index (χ0v) is 20.8. The number of aliphatic hydroxyl groups excluding tert-OH is 1. The minimum absolute atomic E-state index is 0.00359. The van der Waals surface area contributed by atoms with Crippen molar-refractivity contribution in [2.24, 2.45) is 0 Å². The van der Waals surface area contributed by atoms with Crippen LogP contribution in [0.15, 0.2) is 65.2 Å². The maximum Gasteiger partial charge on any atom is 0.227 e. The van der Waals surface area contributed by atoms with Crippen LogP contribution in [0.4, 0.5) is 0 Å². The maximum atomic E-state index is 10.4. The molecule has 2 atom stereocenters. The average molecular weight is 449 g/mol. The third-order valence-corrected chi connectivity index (χ3v) is 7.58. The van der Waals surface area contributed by atoms with Crippen LogP contribution in [-0.4, -0.2) is 25.4 Å². The van der Waals surface area contributed by atoms with E-state index in [0.29, 0.717) is 6.61 Å². The second-order valence-electron chi connectivity index (χ2n) is 10.0. The van der Waals surface area contributed by atoms with E-state index in [9.17, 15) is 5.11 Å². The Morgan fingerprint density at radius 3 is 2.50 bits per heavy atom. The standard InChI is InChI=1S/C28H33NO2S/c1-18-25-21-11-8-7-10-20(21)23(27(2,3)4)16-22(25)26-24(32)12-9-14-29(26)28(18,5)19(17-30)13-15-31-6/h7-14,16,18,30H,15,17H2,1-6H3/p+1/b19-13+. The molecule has 1 aromatic heterocycles. The zero-order valence-electron chi connectivity index (χ0n) is 19.9. The monoisotopic (exact) mass is 448 g/mol. The van der Waals surface area contributed by atoms with E-state index in [-0.39, 0.29) is 17.9 Å². The highest BCUT2D eigenvalue weighted by molar-refractivity contribution is 7.80. The second kappa shape index (κ2) is 8.33. The minimum atomic E-state index is -0.458. The molecule has 4 rings (SSSR count). The Hall–Kier alpha value is -2.14. The van der Waals surface area contributed by atoms with Gasteiger partial charge in [-0.25, -0.2) is 0 Å². The highest BCUT2D eigenvalue weighted by Gasteiger charge is 2.51. The smallest absolute Gasteiger partial charge is 0.227 e. The molecular weight excluding hydrogens is 414 g/mol. The maximum absolute atomic E-state index is 10.4. The molecule has 32 heavy (non-hydrogen) atoms. The topological polar surface area (TPSA) is 33.3 Å². The van der Waals surface area contributed by atoms with Crippen molar-refractivity contribution in [1.29, 1.82) is 0 Å². The molecule has 1 N–H and O–H groups in total. The summed E-state index contributed by atoms with van der Waals surface area (Å²) in [6.07, 6.45) is 4.14. The number of nitrogens with zero attached hydrogens (tertiary/aromatic N) is 1. The van der Waals surface area contributed by atoms with Gasteiger partial charge in [0.15, 0.2) is 11.7 Å². The van der Waals surface area contributed by atoms with E-state index < -0.39 is 5.54 Å². The molecule has 0 radical (unpaired) electrons. The number of hydrogen-bond donors (Lipinski definition) is 2. The molecule has 0 spiro atoms. The summed E-state index contributed by atoms with van der Waals surface area (Å²) in [5.74, 6) is 0.124. The number of hydrogen-bond acceptors (Lipinski definition) is 3. The number of benzene rings is 2. The Bertz CT molecular complexity index is 1210. The molecule has 2 heterocycles. The third kappa shape index (κ3) is 3.40. The number of rotatable bonds is 4. The summed E-state index contributed by atoms with van der Waals surface area (Å²) in [6.45, 7) is 11.8. The van der Waals surface area contributed by atoms with Crippen LogP contribution in [0.3, 0.4) is 0 Å². The first-order valence-electron chi connectivity index (χ1n) is 11.3. The molecule has 0 amide bonds. The fourth-order valence-electron chi connectivity index (χ4n) is 5.37. The molecule has 4 heteroatoms. The van der Waals surface area contributed by atoms with Crippen LogP contribution < -0.4 is 4.57 Å². The summed E-state index contributed by atoms with van der Waals surface area (Å²) in [5, 5.41) is 13.0. The zero-order chi connectivity index (χ0) is 23.3. The number of methoxy groups -OCH3 is 1. The summed E-state index contributed by atoms with van der Waals surface area (Å²) in [5.41, 5.74) is 5.47. The highest BCUT2D eigenvalue weighted by Crippen LogP contribution is 2.50. The quantitative estimate of drug-likeness (QED) is 0.301. The lowest BCUT2D eigenvalue weighted by atomic mass is 9.68. The largest absolute Gasteiger partial charge is 0.392 e. The molecule has 2 aromatic carbocycles. The van der Waals surface area contributed by atoms with Crippen molar-refractivity contribution in [3.05, 3.63) is 71.4 Å². The molecule has 0 saturated carbocycles. The van der Waals surface area contributed by atoms with Gasteiger partial charge >= 0.3 is 0 Å². The number of thiol groups is 1. The van der Waals surface area contributed by atoms with Crippen LogP contribution >= 0.6 is 12.6 Å². The summed E-state index contributed by atoms with van der Waals surface area (Å²) < 4.78 is 7.64. The SMILES string of the molecule is COC/C=C(\CO)C1(C)C(C)c2c(cc(C(C)(C)C)c3ccccc23)-c2c(S)ccc[n+]21. The minimum Gasteiger partial charge on any atom is -0.392 e. The first-order chi connectivity index (χ1) is 15.2. The molecular formula is C28H34NO2S+. The van der Waals surface area contributed by atoms with Crippen molar-refractivity contribution in [3.8, 4) is 11.3 Å². The molecule has 0 bridgehead atoms. The normalized spacial score (nSPS) is 20.9. The lowest BCUT2D eigenvalue weighted by Gasteiger charge is -2.40. The van der Waals surface area contributed by atoms with Crippen LogP contribution in [0.2, 0.25) is 0 Å². The van der Waals surface area contributed by atoms with Gasteiger partial charge in [0.1, 0.15) is 0 Å². The Labute approximate surface area is 197 Å². The van der Waals surface area contributed by atoms with Gasteiger partial charge in [0.25, 0.3) is 0 Å². The van der Waals surface area contributed by atoms with Crippen molar-refractivity contribution >= 4 is 23.4 Å². The van der Waals surface area contributed by atoms with Gasteiger partial charge in [-0.2, -0.15) is 4.57 Å². The molecule has 0 aliphatic carbocycles. The lowest BCUT2D eigenvalue weighted by molar-refractivity contribution is -0.749. The highest BCUT2D eigenvalue weighted by atomic mass is 32.1. The van der Waals surface area contributed by atoms with Crippen molar-refractivity contribution in [2.45, 2.75) is 56.4 Å². The van der Waals surface area contributed by atoms with E-state index in [1.807, 2.05) is 12.1 Å². The number of fused-ring (bicyclic) bond motifs is 5. The Kier molecular flexibility index (Phi) is 6.00. The van der Waals surface area contributed by atoms with Crippen LogP contribution in [0.25, 0.3) is 22.0 Å². The summed E-state index contributed by atoms with van der Waals surface area (Å²) in [7, 11) is 1.68. The van der Waals surface area contributed by atoms with E-state index in [4.69, 9.17) is 17.4 Å². The van der Waals surface area contributed by atoms with E-state index in [1.165, 1.54) is 27.5 Å². The fraction of sp³-hybridized carbons (Fsp3) is 0.393. The van der Waals surface area contributed by atoms with Crippen molar-refractivity contribution in [1.82, 2.24) is 0 Å². The molecule has 168 valence electrons. The summed E-state index contributed by atoms with van der Waals surface area (Å²) in [4.78, 5) is 0.936. The molecule has 3 nitrogen and oxygen atoms in total. The van der Waals surface area contributed by atoms with Gasteiger partial charge in [0.2, 0.25) is 5.69 Å². The molecule has 0 fully saturated rings. The molecule has 1 aliphatic rings. The molecule has 1 aliphatic heterocycles. The number of aromatic nitrogens is 1. The lowest BCUT2D eigenvalue weighted by Crippen LogP contribution is -2.62. The van der Waals surface area contributed by atoms with Crippen LogP contribution in [0, 0.1) is 0 Å². The fourth-order valence-corrected chi connectivity index (χ4v) is 5.68. The first kappa shape index (κ1) is 23.0. The summed E-state index contributed by atoms with van der Waals surface area (Å²) >= 11 is 4.91. The number of aliphatic hydroxyl groups is 1. The van der Waals surface area contributed by atoms with Crippen molar-refractivity contribution in [3.63, 3.8) is 0 Å². The van der Waals surface area contributed by atoms with E-state index in [2.05, 4.69) is 81.8 Å². The van der Waals surface area contributed by atoms with Gasteiger partial charge in [-0.1, -0.05) is 58.0 Å². The first-order valence-corrected chi connectivity index (χ1v) is 11.7. The van der Waals surface area contributed by atoms with Crippen molar-refractivity contribution in [2.75, 3.05) is 20.3 Å². The van der Waals surface area contributed by atoms with E-state index >= 15 is 0 Å². The average Bonchev–Trinajstić information content (AvgIpc) is 2.76. The Morgan fingerprint density at radius 1 is 1.19 bits per heavy atom. The number of pyridine rings is 1. The molecule has 2 unspecified atom stereocenters. The van der Waals surface area contributed by atoms with Gasteiger partial charge in [-0.3, -0.25) is 0 Å². The van der Waals surface area contributed by atoms with Gasteiger partial charge in [-0.15, -0.1) is 12.6 Å². The van der Waals surface area contributed by atoms with Gasteiger partial charge in [-0.05, 0) is 39.4 Å². The second-order valence-corrected chi connectivity index (χ2v) is 10.5. The number of ether oxygens (including phenoxy) is 1. The predicted molar refractivity (Wildman–Crippen MR) is 135 cm³/mol. The molecule has 0 saturated heterocycles. The van der Waals surface area contributed by atoms with Gasteiger partial charge < -0.3 is 9.84 Å². The predicted octanol–water partition coefficient (Wildman–Crippen LogP) is 5.78. The van der Waals surface area contributed by atoms with Crippen LogP contribution in [0.5, 0.6) is 0 Å². The van der Waals surface area contributed by atoms with E-state index in [0.717, 1.165) is 16.2 Å². The summed E-state index contributed by atoms with van der Waals surface area (Å²) in [6, 6.07) is 15.2. The van der Waals surface area contributed by atoms with Crippen LogP contribution in [-0.2, 0) is 15.7 Å². The van der Waals surface area contributed by atoms with Gasteiger partial charge in [0.05, 0.1) is 29.6 Å². The van der Waals surface area contributed by atoms with Crippen LogP contribution in [0.1, 0.15) is 51.7 Å². The Morgan fingerprint density at radius 2 is 1.88 bits per heavy atom. The molecule has 3 aromatic rings. The van der Waals surface area contributed by atoms with E-state index in [1.54, 1.807) is 7.11 Å². The third-order valence-electron chi connectivity index (χ3n) is 7.22. The Balaban J connectivity index is 2.17. The van der Waals surface area contributed by atoms with Gasteiger partial charge in [0, 0.05) is 25.7 Å². The van der Waals surface area contributed by atoms with Crippen molar-refractivity contribution < 1.29 is 14.4 Å².